The number of aromatic hydroxyl groups is 1. The van der Waals surface area contributed by atoms with E-state index in [9.17, 15) is 5.11 Å². The van der Waals surface area contributed by atoms with Crippen LogP contribution >= 0.6 is 11.6 Å². The maximum absolute atomic E-state index is 9.68. The number of hydrogen-bond donors (Lipinski definition) is 2. The summed E-state index contributed by atoms with van der Waals surface area (Å²) in [6, 6.07) is 16.4. The highest BCUT2D eigenvalue weighted by Gasteiger charge is 1.99. The number of anilines is 1. The van der Waals surface area contributed by atoms with Crippen molar-refractivity contribution in [2.24, 2.45) is 5.10 Å². The van der Waals surface area contributed by atoms with E-state index in [0.717, 1.165) is 10.9 Å². The molecule has 1 heterocycles. The Morgan fingerprint density at radius 2 is 1.95 bits per heavy atom. The summed E-state index contributed by atoms with van der Waals surface area (Å²) in [7, 11) is 0. The predicted octanol–water partition coefficient (Wildman–Crippen LogP) is 4.04. The molecule has 0 radical (unpaired) electrons. The zero-order chi connectivity index (χ0) is 14.7. The van der Waals surface area contributed by atoms with Crippen LogP contribution in [0.5, 0.6) is 5.75 Å². The number of halogens is 1. The van der Waals surface area contributed by atoms with E-state index in [4.69, 9.17) is 11.6 Å². The Labute approximate surface area is 126 Å². The molecule has 5 heteroatoms. The van der Waals surface area contributed by atoms with Gasteiger partial charge in [-0.15, -0.1) is 0 Å². The Morgan fingerprint density at radius 1 is 1.10 bits per heavy atom. The molecule has 2 N–H and O–H groups in total. The Balaban J connectivity index is 1.79. The molecule has 1 aromatic heterocycles. The number of fused-ring (bicyclic) bond motifs is 1. The zero-order valence-corrected chi connectivity index (χ0v) is 11.7. The van der Waals surface area contributed by atoms with Gasteiger partial charge in [0.2, 0.25) is 0 Å². The Morgan fingerprint density at radius 3 is 2.86 bits per heavy atom. The molecule has 104 valence electrons. The second kappa shape index (κ2) is 5.81. The van der Waals surface area contributed by atoms with Crippen molar-refractivity contribution in [1.82, 2.24) is 4.98 Å². The van der Waals surface area contributed by atoms with Crippen LogP contribution < -0.4 is 5.43 Å². The molecule has 0 bridgehead atoms. The first-order valence-electron chi connectivity index (χ1n) is 6.36. The molecule has 0 aliphatic carbocycles. The monoisotopic (exact) mass is 297 g/mol. The largest absolute Gasteiger partial charge is 0.507 e. The number of para-hydroxylation sites is 1. The molecule has 2 aromatic carbocycles. The van der Waals surface area contributed by atoms with Crippen LogP contribution in [0.2, 0.25) is 5.02 Å². The van der Waals surface area contributed by atoms with E-state index in [1.807, 2.05) is 36.4 Å². The second-order valence-electron chi connectivity index (χ2n) is 4.46. The van der Waals surface area contributed by atoms with E-state index < -0.39 is 0 Å². The lowest BCUT2D eigenvalue weighted by molar-refractivity contribution is 0.474. The Kier molecular flexibility index (Phi) is 3.71. The molecule has 21 heavy (non-hydrogen) atoms. The highest BCUT2D eigenvalue weighted by Crippen LogP contribution is 2.20. The van der Waals surface area contributed by atoms with Crippen molar-refractivity contribution in [2.45, 2.75) is 0 Å². The fourth-order valence-corrected chi connectivity index (χ4v) is 2.11. The van der Waals surface area contributed by atoms with Gasteiger partial charge in [0, 0.05) is 16.0 Å². The van der Waals surface area contributed by atoms with Crippen molar-refractivity contribution in [3.63, 3.8) is 0 Å². The zero-order valence-electron chi connectivity index (χ0n) is 11.0. The fraction of sp³-hybridized carbons (Fsp3) is 0. The smallest absolute Gasteiger partial charge is 0.146 e. The molecule has 0 atom stereocenters. The fourth-order valence-electron chi connectivity index (χ4n) is 1.93. The number of phenols is 1. The third kappa shape index (κ3) is 3.12. The lowest BCUT2D eigenvalue weighted by atomic mass is 10.2. The number of hydrogen-bond acceptors (Lipinski definition) is 4. The number of nitrogens with one attached hydrogen (secondary N) is 1. The first-order chi connectivity index (χ1) is 10.2. The van der Waals surface area contributed by atoms with E-state index in [1.54, 1.807) is 12.1 Å². The number of benzene rings is 2. The quantitative estimate of drug-likeness (QED) is 0.566. The van der Waals surface area contributed by atoms with Crippen LogP contribution in [-0.2, 0) is 0 Å². The van der Waals surface area contributed by atoms with Crippen molar-refractivity contribution < 1.29 is 5.11 Å². The Bertz CT molecular complexity index is 817. The van der Waals surface area contributed by atoms with Gasteiger partial charge >= 0.3 is 0 Å². The molecule has 3 aromatic rings. The average molecular weight is 298 g/mol. The summed E-state index contributed by atoms with van der Waals surface area (Å²) in [5.41, 5.74) is 4.27. The van der Waals surface area contributed by atoms with Gasteiger partial charge < -0.3 is 5.11 Å². The van der Waals surface area contributed by atoms with Crippen LogP contribution in [-0.4, -0.2) is 16.3 Å². The van der Waals surface area contributed by atoms with Crippen molar-refractivity contribution in [2.75, 3.05) is 5.43 Å². The van der Waals surface area contributed by atoms with Crippen molar-refractivity contribution >= 4 is 34.5 Å². The minimum atomic E-state index is 0.122. The summed E-state index contributed by atoms with van der Waals surface area (Å²) in [6.45, 7) is 0. The lowest BCUT2D eigenvalue weighted by Crippen LogP contribution is -1.94. The SMILES string of the molecule is Oc1ccc(Cl)cc1/C=N/Nc1ccc2ccccc2n1. The number of hydrazone groups is 1. The lowest BCUT2D eigenvalue weighted by Gasteiger charge is -2.02. The van der Waals surface area contributed by atoms with E-state index in [-0.39, 0.29) is 5.75 Å². The third-order valence-electron chi connectivity index (χ3n) is 2.97. The van der Waals surface area contributed by atoms with Gasteiger partial charge in [0.25, 0.3) is 0 Å². The summed E-state index contributed by atoms with van der Waals surface area (Å²) < 4.78 is 0. The molecule has 0 saturated carbocycles. The highest BCUT2D eigenvalue weighted by molar-refractivity contribution is 6.30. The first-order valence-corrected chi connectivity index (χ1v) is 6.73. The number of pyridine rings is 1. The molecule has 0 saturated heterocycles. The Hall–Kier alpha value is -2.59. The minimum Gasteiger partial charge on any atom is -0.507 e. The molecule has 3 rings (SSSR count). The molecule has 4 nitrogen and oxygen atoms in total. The summed E-state index contributed by atoms with van der Waals surface area (Å²) in [5.74, 6) is 0.753. The van der Waals surface area contributed by atoms with Crippen LogP contribution in [0.15, 0.2) is 59.7 Å². The molecule has 0 aliphatic rings. The highest BCUT2D eigenvalue weighted by atomic mass is 35.5. The van der Waals surface area contributed by atoms with E-state index in [0.29, 0.717) is 16.4 Å². The van der Waals surface area contributed by atoms with Gasteiger partial charge in [-0.1, -0.05) is 29.8 Å². The standard InChI is InChI=1S/C16H12ClN3O/c17-13-6-7-15(21)12(9-13)10-18-20-16-8-5-11-3-1-2-4-14(11)19-16/h1-10,21H,(H,19,20)/b18-10+. The first kappa shape index (κ1) is 13.4. The van der Waals surface area contributed by atoms with Crippen LogP contribution in [0.3, 0.4) is 0 Å². The number of rotatable bonds is 3. The molecule has 0 fully saturated rings. The molecule has 0 unspecified atom stereocenters. The van der Waals surface area contributed by atoms with Crippen molar-refractivity contribution in [1.29, 1.82) is 0 Å². The summed E-state index contributed by atoms with van der Waals surface area (Å²) in [4.78, 5) is 4.43. The van der Waals surface area contributed by atoms with Gasteiger partial charge in [-0.05, 0) is 36.4 Å². The summed E-state index contributed by atoms with van der Waals surface area (Å²) in [5, 5.41) is 15.4. The topological polar surface area (TPSA) is 57.5 Å². The van der Waals surface area contributed by atoms with Crippen molar-refractivity contribution in [3.05, 3.63) is 65.2 Å². The second-order valence-corrected chi connectivity index (χ2v) is 4.90. The summed E-state index contributed by atoms with van der Waals surface area (Å²) >= 11 is 5.87. The number of nitrogens with zero attached hydrogens (tertiary/aromatic N) is 2. The number of aromatic nitrogens is 1. The maximum atomic E-state index is 9.68. The third-order valence-corrected chi connectivity index (χ3v) is 3.21. The van der Waals surface area contributed by atoms with Gasteiger partial charge in [0.1, 0.15) is 11.6 Å². The summed E-state index contributed by atoms with van der Waals surface area (Å²) in [6.07, 6.45) is 1.50. The molecule has 0 amide bonds. The minimum absolute atomic E-state index is 0.122. The average Bonchev–Trinajstić information content (AvgIpc) is 2.50. The van der Waals surface area contributed by atoms with Gasteiger partial charge in [0.05, 0.1) is 11.7 Å². The number of phenolic OH excluding ortho intramolecular Hbond substituents is 1. The van der Waals surface area contributed by atoms with Crippen molar-refractivity contribution in [3.8, 4) is 5.75 Å². The molecular formula is C16H12ClN3O. The maximum Gasteiger partial charge on any atom is 0.146 e. The van der Waals surface area contributed by atoms with E-state index in [1.165, 1.54) is 12.3 Å². The molecular weight excluding hydrogens is 286 g/mol. The van der Waals surface area contributed by atoms with Crippen LogP contribution in [0.1, 0.15) is 5.56 Å². The predicted molar refractivity (Wildman–Crippen MR) is 86.1 cm³/mol. The van der Waals surface area contributed by atoms with Gasteiger partial charge in [0.15, 0.2) is 0 Å². The van der Waals surface area contributed by atoms with E-state index in [2.05, 4.69) is 15.5 Å². The van der Waals surface area contributed by atoms with Crippen LogP contribution in [0.25, 0.3) is 10.9 Å². The van der Waals surface area contributed by atoms with E-state index >= 15 is 0 Å². The molecule has 0 spiro atoms. The molecule has 0 aliphatic heterocycles. The van der Waals surface area contributed by atoms with Gasteiger partial charge in [-0.2, -0.15) is 5.10 Å². The van der Waals surface area contributed by atoms with Crippen LogP contribution in [0.4, 0.5) is 5.82 Å². The van der Waals surface area contributed by atoms with Gasteiger partial charge in [-0.3, -0.25) is 5.43 Å². The normalized spacial score (nSPS) is 11.1. The van der Waals surface area contributed by atoms with Gasteiger partial charge in [-0.25, -0.2) is 4.98 Å². The van der Waals surface area contributed by atoms with Crippen LogP contribution in [0, 0.1) is 0 Å².